The number of rotatable bonds is 5. The first-order valence-electron chi connectivity index (χ1n) is 8.70. The molecule has 2 rings (SSSR count). The van der Waals surface area contributed by atoms with Crippen LogP contribution < -0.4 is 5.32 Å². The first-order chi connectivity index (χ1) is 12.2. The Morgan fingerprint density at radius 3 is 2.42 bits per heavy atom. The molecule has 0 spiro atoms. The minimum Gasteiger partial charge on any atom is -0.459 e. The van der Waals surface area contributed by atoms with Gasteiger partial charge < -0.3 is 24.6 Å². The molecule has 144 valence electrons. The number of carbonyl (C=O) groups excluding carboxylic acids is 2. The number of carbonyl (C=O) groups is 2. The van der Waals surface area contributed by atoms with Crippen LogP contribution in [0.2, 0.25) is 0 Å². The summed E-state index contributed by atoms with van der Waals surface area (Å²) in [6, 6.07) is 7.96. The van der Waals surface area contributed by atoms with Gasteiger partial charge in [0.2, 0.25) is 0 Å². The molecule has 7 heteroatoms. The average Bonchev–Trinajstić information content (AvgIpc) is 2.57. The zero-order valence-electron chi connectivity index (χ0n) is 15.5. The average molecular weight is 365 g/mol. The maximum Gasteiger partial charge on any atom is 0.408 e. The first kappa shape index (κ1) is 20.2. The van der Waals surface area contributed by atoms with Crippen LogP contribution in [0.3, 0.4) is 0 Å². The van der Waals surface area contributed by atoms with Crippen LogP contribution in [0.25, 0.3) is 0 Å². The molecule has 7 nitrogen and oxygen atoms in total. The predicted molar refractivity (Wildman–Crippen MR) is 94.4 cm³/mol. The van der Waals surface area contributed by atoms with Gasteiger partial charge in [0.05, 0.1) is 0 Å². The summed E-state index contributed by atoms with van der Waals surface area (Å²) in [7, 11) is 0. The molecule has 1 heterocycles. The number of hydrogen-bond donors (Lipinski definition) is 2. The van der Waals surface area contributed by atoms with Gasteiger partial charge in [-0.3, -0.25) is 0 Å². The third kappa shape index (κ3) is 6.00. The van der Waals surface area contributed by atoms with Gasteiger partial charge in [-0.1, -0.05) is 30.3 Å². The lowest BCUT2D eigenvalue weighted by atomic mass is 9.86. The van der Waals surface area contributed by atoms with Crippen molar-refractivity contribution >= 4 is 12.1 Å². The molecule has 1 aliphatic rings. The van der Waals surface area contributed by atoms with Crippen LogP contribution in [0.5, 0.6) is 0 Å². The number of alkyl carbamates (subject to hydrolysis) is 1. The second-order valence-electron chi connectivity index (χ2n) is 7.39. The molecular formula is C19H27NO6. The second-order valence-corrected chi connectivity index (χ2v) is 7.39. The van der Waals surface area contributed by atoms with Crippen LogP contribution >= 0.6 is 0 Å². The molecule has 0 radical (unpaired) electrons. The number of amides is 1. The smallest absolute Gasteiger partial charge is 0.408 e. The molecule has 1 unspecified atom stereocenters. The van der Waals surface area contributed by atoms with Crippen molar-refractivity contribution in [3.63, 3.8) is 0 Å². The highest BCUT2D eigenvalue weighted by molar-refractivity contribution is 5.82. The van der Waals surface area contributed by atoms with E-state index < -0.39 is 29.3 Å². The van der Waals surface area contributed by atoms with E-state index in [1.165, 1.54) is 0 Å². The molecule has 1 aromatic rings. The molecule has 2 N–H and O–H groups in total. The van der Waals surface area contributed by atoms with Crippen molar-refractivity contribution in [3.8, 4) is 0 Å². The zero-order chi connectivity index (χ0) is 19.2. The molecule has 0 saturated carbocycles. The summed E-state index contributed by atoms with van der Waals surface area (Å²) < 4.78 is 15.8. The van der Waals surface area contributed by atoms with Gasteiger partial charge in [-0.25, -0.2) is 9.59 Å². The quantitative estimate of drug-likeness (QED) is 0.777. The third-order valence-corrected chi connectivity index (χ3v) is 4.02. The molecule has 1 amide bonds. The number of benzene rings is 1. The van der Waals surface area contributed by atoms with Crippen molar-refractivity contribution in [1.82, 2.24) is 5.32 Å². The van der Waals surface area contributed by atoms with Crippen molar-refractivity contribution < 1.29 is 28.9 Å². The molecule has 0 aromatic heterocycles. The van der Waals surface area contributed by atoms with Gasteiger partial charge in [0.1, 0.15) is 17.8 Å². The van der Waals surface area contributed by atoms with Crippen molar-refractivity contribution in [2.24, 2.45) is 0 Å². The lowest BCUT2D eigenvalue weighted by molar-refractivity contribution is -0.161. The van der Waals surface area contributed by atoms with Crippen LogP contribution in [0.4, 0.5) is 4.79 Å². The van der Waals surface area contributed by atoms with Crippen molar-refractivity contribution in [2.45, 2.75) is 57.5 Å². The molecule has 1 aromatic carbocycles. The minimum absolute atomic E-state index is 0.0543. The van der Waals surface area contributed by atoms with E-state index in [0.717, 1.165) is 5.56 Å². The lowest BCUT2D eigenvalue weighted by Crippen LogP contribution is -2.60. The molecule has 1 aliphatic heterocycles. The van der Waals surface area contributed by atoms with E-state index in [2.05, 4.69) is 5.32 Å². The van der Waals surface area contributed by atoms with Gasteiger partial charge in [0.25, 0.3) is 0 Å². The molecular weight excluding hydrogens is 338 g/mol. The number of aliphatic hydroxyl groups is 1. The second kappa shape index (κ2) is 8.51. The molecule has 1 saturated heterocycles. The van der Waals surface area contributed by atoms with E-state index in [1.54, 1.807) is 20.8 Å². The summed E-state index contributed by atoms with van der Waals surface area (Å²) in [6.45, 7) is 5.82. The topological polar surface area (TPSA) is 94.1 Å². The maximum absolute atomic E-state index is 12.6. The number of hydrogen-bond acceptors (Lipinski definition) is 6. The Hall–Kier alpha value is -2.12. The standard InChI is InChI=1S/C19H27NO6/c1-18(2,3)26-17(22)20-15(19(23)9-11-24-12-10-19)16(21)25-13-14-7-5-4-6-8-14/h4-8,15,23H,9-13H2,1-3H3,(H,20,22). The fraction of sp³-hybridized carbons (Fsp3) is 0.579. The fourth-order valence-corrected chi connectivity index (χ4v) is 2.66. The van der Waals surface area contributed by atoms with E-state index in [9.17, 15) is 14.7 Å². The molecule has 1 atom stereocenters. The first-order valence-corrected chi connectivity index (χ1v) is 8.70. The lowest BCUT2D eigenvalue weighted by Gasteiger charge is -2.37. The Balaban J connectivity index is 2.08. The summed E-state index contributed by atoms with van der Waals surface area (Å²) in [5.74, 6) is -0.705. The summed E-state index contributed by atoms with van der Waals surface area (Å²) >= 11 is 0. The molecule has 0 aliphatic carbocycles. The molecule has 0 bridgehead atoms. The monoisotopic (exact) mass is 365 g/mol. The van der Waals surface area contributed by atoms with E-state index in [-0.39, 0.29) is 19.4 Å². The number of nitrogens with one attached hydrogen (secondary N) is 1. The number of esters is 1. The van der Waals surface area contributed by atoms with Crippen molar-refractivity contribution in [3.05, 3.63) is 35.9 Å². The van der Waals surface area contributed by atoms with E-state index in [4.69, 9.17) is 14.2 Å². The maximum atomic E-state index is 12.6. The Labute approximate surface area is 153 Å². The summed E-state index contributed by atoms with van der Waals surface area (Å²) in [5.41, 5.74) is -1.35. The Morgan fingerprint density at radius 1 is 1.23 bits per heavy atom. The van der Waals surface area contributed by atoms with Crippen molar-refractivity contribution in [1.29, 1.82) is 0 Å². The van der Waals surface area contributed by atoms with Crippen LogP contribution in [0.15, 0.2) is 30.3 Å². The Bertz CT molecular complexity index is 604. The summed E-state index contributed by atoms with van der Waals surface area (Å²) in [5, 5.41) is 13.4. The van der Waals surface area contributed by atoms with E-state index in [0.29, 0.717) is 13.2 Å². The van der Waals surface area contributed by atoms with Gasteiger partial charge in [0, 0.05) is 26.1 Å². The normalized spacial score (nSPS) is 17.8. The van der Waals surface area contributed by atoms with Gasteiger partial charge in [-0.05, 0) is 26.3 Å². The minimum atomic E-state index is -1.44. The van der Waals surface area contributed by atoms with Crippen LogP contribution in [-0.2, 0) is 25.6 Å². The predicted octanol–water partition coefficient (Wildman–Crippen LogP) is 2.16. The molecule has 26 heavy (non-hydrogen) atoms. The number of ether oxygens (including phenoxy) is 3. The Morgan fingerprint density at radius 2 is 1.85 bits per heavy atom. The van der Waals surface area contributed by atoms with Crippen LogP contribution in [-0.4, -0.2) is 47.6 Å². The van der Waals surface area contributed by atoms with Gasteiger partial charge >= 0.3 is 12.1 Å². The van der Waals surface area contributed by atoms with Crippen molar-refractivity contribution in [2.75, 3.05) is 13.2 Å². The Kier molecular flexibility index (Phi) is 6.61. The highest BCUT2D eigenvalue weighted by Crippen LogP contribution is 2.26. The fourth-order valence-electron chi connectivity index (χ4n) is 2.66. The SMILES string of the molecule is CC(C)(C)OC(=O)NC(C(=O)OCc1ccccc1)C1(O)CCOCC1. The van der Waals surface area contributed by atoms with Gasteiger partial charge in [0.15, 0.2) is 6.04 Å². The van der Waals surface area contributed by atoms with E-state index in [1.807, 2.05) is 30.3 Å². The highest BCUT2D eigenvalue weighted by atomic mass is 16.6. The summed E-state index contributed by atoms with van der Waals surface area (Å²) in [4.78, 5) is 24.8. The largest absolute Gasteiger partial charge is 0.459 e. The van der Waals surface area contributed by atoms with Crippen LogP contribution in [0.1, 0.15) is 39.2 Å². The van der Waals surface area contributed by atoms with E-state index >= 15 is 0 Å². The van der Waals surface area contributed by atoms with Crippen LogP contribution in [0, 0.1) is 0 Å². The van der Waals surface area contributed by atoms with Gasteiger partial charge in [-0.2, -0.15) is 0 Å². The van der Waals surface area contributed by atoms with Gasteiger partial charge in [-0.15, -0.1) is 0 Å². The zero-order valence-corrected chi connectivity index (χ0v) is 15.5. The third-order valence-electron chi connectivity index (χ3n) is 4.02. The molecule has 1 fully saturated rings. The summed E-state index contributed by atoms with van der Waals surface area (Å²) in [6.07, 6.45) is -0.346. The highest BCUT2D eigenvalue weighted by Gasteiger charge is 2.45.